The van der Waals surface area contributed by atoms with Crippen molar-refractivity contribution < 1.29 is 23.8 Å². The minimum absolute atomic E-state index is 0.0572. The van der Waals surface area contributed by atoms with Gasteiger partial charge in [0.2, 0.25) is 0 Å². The molecule has 17 heavy (non-hydrogen) atoms. The monoisotopic (exact) mass is 240 g/mol. The second-order valence-electron chi connectivity index (χ2n) is 4.36. The van der Waals surface area contributed by atoms with Crippen LogP contribution in [0.15, 0.2) is 12.2 Å². The summed E-state index contributed by atoms with van der Waals surface area (Å²) in [6.45, 7) is 1.36. The van der Waals surface area contributed by atoms with Crippen molar-refractivity contribution in [3.63, 3.8) is 0 Å². The lowest BCUT2D eigenvalue weighted by Gasteiger charge is -2.25. The highest BCUT2D eigenvalue weighted by molar-refractivity contribution is 5.77. The molecule has 1 saturated carbocycles. The maximum atomic E-state index is 11.5. The van der Waals surface area contributed by atoms with Crippen LogP contribution in [0.3, 0.4) is 0 Å². The van der Waals surface area contributed by atoms with Crippen LogP contribution >= 0.6 is 0 Å². The highest BCUT2D eigenvalue weighted by Gasteiger charge is 2.61. The van der Waals surface area contributed by atoms with Crippen molar-refractivity contribution in [2.24, 2.45) is 17.8 Å². The van der Waals surface area contributed by atoms with E-state index in [4.69, 9.17) is 14.2 Å². The Bertz CT molecular complexity index is 362. The topological polar surface area (TPSA) is 61.8 Å². The van der Waals surface area contributed by atoms with Gasteiger partial charge in [-0.1, -0.05) is 6.08 Å². The van der Waals surface area contributed by atoms with E-state index in [1.54, 1.807) is 13.2 Å². The van der Waals surface area contributed by atoms with Gasteiger partial charge in [-0.05, 0) is 12.0 Å². The second-order valence-corrected chi connectivity index (χ2v) is 4.36. The average molecular weight is 240 g/mol. The number of methoxy groups -OCH3 is 2. The van der Waals surface area contributed by atoms with Crippen LogP contribution < -0.4 is 0 Å². The molecular weight excluding hydrogens is 224 g/mol. The third kappa shape index (κ3) is 2.07. The fourth-order valence-electron chi connectivity index (χ4n) is 2.64. The molecule has 0 unspecified atom stereocenters. The number of carbonyl (C=O) groups is 2. The van der Waals surface area contributed by atoms with Crippen molar-refractivity contribution in [2.75, 3.05) is 14.2 Å². The van der Waals surface area contributed by atoms with Gasteiger partial charge in [0, 0.05) is 20.0 Å². The van der Waals surface area contributed by atoms with Gasteiger partial charge in [-0.15, -0.1) is 0 Å². The first-order valence-electron chi connectivity index (χ1n) is 5.56. The first-order valence-corrected chi connectivity index (χ1v) is 5.56. The number of hydrogen-bond acceptors (Lipinski definition) is 5. The fourth-order valence-corrected chi connectivity index (χ4v) is 2.64. The van der Waals surface area contributed by atoms with Crippen molar-refractivity contribution >= 4 is 11.9 Å². The first-order chi connectivity index (χ1) is 8.10. The Morgan fingerprint density at radius 2 is 1.88 bits per heavy atom. The van der Waals surface area contributed by atoms with Crippen LogP contribution in [-0.2, 0) is 23.8 Å². The Balaban J connectivity index is 2.09. The van der Waals surface area contributed by atoms with Crippen molar-refractivity contribution in [2.45, 2.75) is 19.1 Å². The van der Waals surface area contributed by atoms with Gasteiger partial charge in [-0.25, -0.2) is 0 Å². The number of ether oxygens (including phenoxy) is 3. The van der Waals surface area contributed by atoms with Gasteiger partial charge >= 0.3 is 11.9 Å². The molecule has 0 spiro atoms. The molecule has 0 aromatic rings. The molecule has 0 aromatic carbocycles. The van der Waals surface area contributed by atoms with Gasteiger partial charge in [0.15, 0.2) is 0 Å². The summed E-state index contributed by atoms with van der Waals surface area (Å²) < 4.78 is 15.2. The maximum absolute atomic E-state index is 11.5. The van der Waals surface area contributed by atoms with E-state index in [0.717, 1.165) is 0 Å². The molecule has 0 aliphatic heterocycles. The van der Waals surface area contributed by atoms with Gasteiger partial charge in [-0.3, -0.25) is 9.59 Å². The van der Waals surface area contributed by atoms with E-state index >= 15 is 0 Å². The Kier molecular flexibility index (Phi) is 3.19. The van der Waals surface area contributed by atoms with E-state index in [1.807, 2.05) is 6.08 Å². The number of carbonyl (C=O) groups excluding carboxylic acids is 2. The van der Waals surface area contributed by atoms with E-state index in [2.05, 4.69) is 0 Å². The van der Waals surface area contributed by atoms with Gasteiger partial charge in [-0.2, -0.15) is 0 Å². The third-order valence-corrected chi connectivity index (χ3v) is 3.41. The Hall–Kier alpha value is -1.36. The first kappa shape index (κ1) is 12.1. The smallest absolute Gasteiger partial charge is 0.309 e. The highest BCUT2D eigenvalue weighted by Crippen LogP contribution is 2.54. The van der Waals surface area contributed by atoms with Crippen LogP contribution in [0.2, 0.25) is 0 Å². The summed E-state index contributed by atoms with van der Waals surface area (Å²) in [7, 11) is 2.94. The Labute approximate surface area is 99.7 Å². The lowest BCUT2D eigenvalue weighted by atomic mass is 10.0. The second kappa shape index (κ2) is 4.49. The molecule has 5 atom stereocenters. The molecule has 5 heteroatoms. The zero-order valence-electron chi connectivity index (χ0n) is 10.1. The van der Waals surface area contributed by atoms with Gasteiger partial charge in [0.1, 0.15) is 12.2 Å². The van der Waals surface area contributed by atoms with Gasteiger partial charge in [0.05, 0.1) is 13.0 Å². The lowest BCUT2D eigenvalue weighted by Crippen LogP contribution is -2.35. The molecule has 0 aromatic heterocycles. The van der Waals surface area contributed by atoms with Crippen LogP contribution in [0, 0.1) is 17.8 Å². The highest BCUT2D eigenvalue weighted by atomic mass is 16.6. The van der Waals surface area contributed by atoms with Gasteiger partial charge in [0.25, 0.3) is 0 Å². The molecule has 0 N–H and O–H groups in total. The summed E-state index contributed by atoms with van der Waals surface area (Å²) >= 11 is 0. The van der Waals surface area contributed by atoms with E-state index in [9.17, 15) is 9.59 Å². The van der Waals surface area contributed by atoms with Crippen LogP contribution in [-0.4, -0.2) is 38.4 Å². The molecule has 2 aliphatic rings. The van der Waals surface area contributed by atoms with Crippen LogP contribution in [0.1, 0.15) is 6.92 Å². The SMILES string of the molecule is COC(=O)[C@@H]1[C@H]2C=C[C@H](OC(C)=O)[C@@H](OC)[C@@H]21. The van der Waals surface area contributed by atoms with Crippen molar-refractivity contribution in [3.8, 4) is 0 Å². The zero-order valence-corrected chi connectivity index (χ0v) is 10.1. The lowest BCUT2D eigenvalue weighted by molar-refractivity contribution is -0.151. The average Bonchev–Trinajstić information content (AvgIpc) is 3.01. The molecular formula is C12H16O5. The molecule has 0 bridgehead atoms. The maximum Gasteiger partial charge on any atom is 0.309 e. The summed E-state index contributed by atoms with van der Waals surface area (Å²) in [6, 6.07) is 0. The van der Waals surface area contributed by atoms with Crippen LogP contribution in [0.5, 0.6) is 0 Å². The minimum atomic E-state index is -0.409. The number of fused-ring (bicyclic) bond motifs is 1. The summed E-state index contributed by atoms with van der Waals surface area (Å²) in [5.74, 6) is -0.534. The number of allylic oxidation sites excluding steroid dienone is 1. The minimum Gasteiger partial charge on any atom is -0.469 e. The normalized spacial score (nSPS) is 38.2. The summed E-state index contributed by atoms with van der Waals surface area (Å²) in [6.07, 6.45) is 3.03. The molecule has 0 heterocycles. The van der Waals surface area contributed by atoms with Crippen molar-refractivity contribution in [3.05, 3.63) is 12.2 Å². The number of rotatable bonds is 3. The number of esters is 2. The summed E-state index contributed by atoms with van der Waals surface area (Å²) in [5, 5.41) is 0. The van der Waals surface area contributed by atoms with Crippen LogP contribution in [0.25, 0.3) is 0 Å². The molecule has 0 radical (unpaired) electrons. The predicted molar refractivity (Wildman–Crippen MR) is 58.0 cm³/mol. The van der Waals surface area contributed by atoms with E-state index in [-0.39, 0.29) is 35.8 Å². The molecule has 1 fully saturated rings. The molecule has 2 aliphatic carbocycles. The van der Waals surface area contributed by atoms with Crippen molar-refractivity contribution in [1.82, 2.24) is 0 Å². The third-order valence-electron chi connectivity index (χ3n) is 3.41. The fraction of sp³-hybridized carbons (Fsp3) is 0.667. The van der Waals surface area contributed by atoms with E-state index in [1.165, 1.54) is 14.0 Å². The largest absolute Gasteiger partial charge is 0.469 e. The van der Waals surface area contributed by atoms with E-state index < -0.39 is 6.10 Å². The standard InChI is InChI=1S/C12H16O5/c1-6(13)17-8-5-4-7-9(11(8)15-2)10(7)12(14)16-3/h4-5,7-11H,1-3H3/t7-,8-,9-,10+,11+/m0/s1. The van der Waals surface area contributed by atoms with Gasteiger partial charge < -0.3 is 14.2 Å². The Morgan fingerprint density at radius 1 is 1.18 bits per heavy atom. The zero-order chi connectivity index (χ0) is 12.6. The molecule has 0 saturated heterocycles. The Morgan fingerprint density at radius 3 is 2.41 bits per heavy atom. The molecule has 94 valence electrons. The van der Waals surface area contributed by atoms with Crippen molar-refractivity contribution in [1.29, 1.82) is 0 Å². The summed E-state index contributed by atoms with van der Waals surface area (Å²) in [4.78, 5) is 22.5. The predicted octanol–water partition coefficient (Wildman–Crippen LogP) is 0.538. The summed E-state index contributed by atoms with van der Waals surface area (Å²) in [5.41, 5.74) is 0. The van der Waals surface area contributed by atoms with E-state index in [0.29, 0.717) is 0 Å². The van der Waals surface area contributed by atoms with Crippen LogP contribution in [0.4, 0.5) is 0 Å². The molecule has 2 rings (SSSR count). The molecule has 5 nitrogen and oxygen atoms in total. The number of hydrogen-bond donors (Lipinski definition) is 0. The molecule has 0 amide bonds. The quantitative estimate of drug-likeness (QED) is 0.532.